The Bertz CT molecular complexity index is 850. The van der Waals surface area contributed by atoms with Gasteiger partial charge in [-0.1, -0.05) is 23.2 Å². The second-order valence-electron chi connectivity index (χ2n) is 6.30. The van der Waals surface area contributed by atoms with Crippen LogP contribution in [0.2, 0.25) is 10.0 Å². The second kappa shape index (κ2) is 8.43. The Kier molecular flexibility index (Phi) is 6.69. The lowest BCUT2D eigenvalue weighted by Gasteiger charge is -2.20. The van der Waals surface area contributed by atoms with E-state index in [-0.39, 0.29) is 57.4 Å². The SMILES string of the molecule is CC1CC(CN)CN1C(=O)c1ccn(-c2c(Cl)cc([N+](=O)[O-])cc2Cl)n1.Cl. The molecule has 0 bridgehead atoms. The third kappa shape index (κ3) is 4.19. The van der Waals surface area contributed by atoms with Gasteiger partial charge in [-0.3, -0.25) is 14.9 Å². The van der Waals surface area contributed by atoms with E-state index in [2.05, 4.69) is 5.10 Å². The van der Waals surface area contributed by atoms with E-state index >= 15 is 0 Å². The fourth-order valence-corrected chi connectivity index (χ4v) is 3.83. The van der Waals surface area contributed by atoms with E-state index in [1.807, 2.05) is 6.92 Å². The van der Waals surface area contributed by atoms with Crippen molar-refractivity contribution in [3.05, 3.63) is 50.2 Å². The van der Waals surface area contributed by atoms with Gasteiger partial charge in [0.2, 0.25) is 0 Å². The minimum absolute atomic E-state index is 0. The lowest BCUT2D eigenvalue weighted by atomic mass is 10.1. The monoisotopic (exact) mass is 433 g/mol. The molecule has 27 heavy (non-hydrogen) atoms. The van der Waals surface area contributed by atoms with Crippen LogP contribution in [0.5, 0.6) is 0 Å². The van der Waals surface area contributed by atoms with Crippen LogP contribution in [-0.4, -0.2) is 44.6 Å². The maximum atomic E-state index is 12.7. The van der Waals surface area contributed by atoms with E-state index in [4.69, 9.17) is 28.9 Å². The van der Waals surface area contributed by atoms with Crippen molar-refractivity contribution in [3.8, 4) is 5.69 Å². The standard InChI is InChI=1S/C16H17Cl2N5O3.ClH/c1-9-4-10(7-19)8-21(9)16(24)14-2-3-22(20-14)15-12(17)5-11(23(25)26)6-13(15)18;/h2-3,5-6,9-10H,4,7-8,19H2,1H3;1H. The van der Waals surface area contributed by atoms with Gasteiger partial charge >= 0.3 is 0 Å². The average molecular weight is 435 g/mol. The van der Waals surface area contributed by atoms with Crippen LogP contribution in [-0.2, 0) is 0 Å². The van der Waals surface area contributed by atoms with E-state index in [0.717, 1.165) is 6.42 Å². The molecule has 0 spiro atoms. The van der Waals surface area contributed by atoms with E-state index < -0.39 is 4.92 Å². The van der Waals surface area contributed by atoms with Gasteiger partial charge in [0.1, 0.15) is 5.69 Å². The van der Waals surface area contributed by atoms with Crippen molar-refractivity contribution in [3.63, 3.8) is 0 Å². The molecule has 3 rings (SSSR count). The summed E-state index contributed by atoms with van der Waals surface area (Å²) in [5.74, 6) is 0.0935. The molecule has 8 nitrogen and oxygen atoms in total. The number of halogens is 3. The molecule has 1 aromatic heterocycles. The maximum Gasteiger partial charge on any atom is 0.274 e. The first-order valence-electron chi connectivity index (χ1n) is 8.02. The molecule has 0 radical (unpaired) electrons. The van der Waals surface area contributed by atoms with Crippen molar-refractivity contribution in [2.24, 2.45) is 11.7 Å². The second-order valence-corrected chi connectivity index (χ2v) is 7.12. The first-order valence-corrected chi connectivity index (χ1v) is 8.78. The number of nitrogens with zero attached hydrogens (tertiary/aromatic N) is 4. The number of hydrogen-bond donors (Lipinski definition) is 1. The minimum atomic E-state index is -0.581. The smallest absolute Gasteiger partial charge is 0.274 e. The largest absolute Gasteiger partial charge is 0.334 e. The predicted octanol–water partition coefficient (Wildman–Crippen LogP) is 3.32. The number of nitro groups is 1. The summed E-state index contributed by atoms with van der Waals surface area (Å²) >= 11 is 12.3. The molecule has 1 amide bonds. The number of nitro benzene ring substituents is 1. The van der Waals surface area contributed by atoms with Gasteiger partial charge < -0.3 is 10.6 Å². The molecule has 1 aliphatic rings. The molecule has 2 atom stereocenters. The van der Waals surface area contributed by atoms with Crippen molar-refractivity contribution in [2.75, 3.05) is 13.1 Å². The maximum absolute atomic E-state index is 12.7. The van der Waals surface area contributed by atoms with Crippen LogP contribution < -0.4 is 5.73 Å². The van der Waals surface area contributed by atoms with Gasteiger partial charge in [0, 0.05) is 30.9 Å². The molecule has 2 unspecified atom stereocenters. The molecular formula is C16H18Cl3N5O3. The van der Waals surface area contributed by atoms with Crippen LogP contribution in [0.4, 0.5) is 5.69 Å². The number of rotatable bonds is 4. The van der Waals surface area contributed by atoms with Gasteiger partial charge in [-0.2, -0.15) is 5.10 Å². The highest BCUT2D eigenvalue weighted by Gasteiger charge is 2.33. The number of nitrogens with two attached hydrogens (primary N) is 1. The van der Waals surface area contributed by atoms with Crippen molar-refractivity contribution in [2.45, 2.75) is 19.4 Å². The van der Waals surface area contributed by atoms with E-state index in [0.29, 0.717) is 13.1 Å². The zero-order chi connectivity index (χ0) is 19.0. The fourth-order valence-electron chi connectivity index (χ4n) is 3.18. The minimum Gasteiger partial charge on any atom is -0.334 e. The van der Waals surface area contributed by atoms with Gasteiger partial charge in [0.05, 0.1) is 15.0 Å². The molecule has 1 fully saturated rings. The zero-order valence-electron chi connectivity index (χ0n) is 14.3. The summed E-state index contributed by atoms with van der Waals surface area (Å²) in [6, 6.07) is 4.05. The molecule has 2 heterocycles. The zero-order valence-corrected chi connectivity index (χ0v) is 16.7. The van der Waals surface area contributed by atoms with Crippen LogP contribution >= 0.6 is 35.6 Å². The number of benzene rings is 1. The summed E-state index contributed by atoms with van der Waals surface area (Å²) in [5, 5.41) is 15.3. The number of hydrogen-bond acceptors (Lipinski definition) is 5. The molecule has 0 saturated carbocycles. The first-order chi connectivity index (χ1) is 12.3. The summed E-state index contributed by atoms with van der Waals surface area (Å²) in [5.41, 5.74) is 6.03. The first kappa shape index (κ1) is 21.4. The third-order valence-corrected chi connectivity index (χ3v) is 5.08. The molecule has 1 aliphatic heterocycles. The summed E-state index contributed by atoms with van der Waals surface area (Å²) in [6.45, 7) is 3.12. The summed E-state index contributed by atoms with van der Waals surface area (Å²) in [7, 11) is 0. The van der Waals surface area contributed by atoms with Gasteiger partial charge in [-0.15, -0.1) is 12.4 Å². The lowest BCUT2D eigenvalue weighted by molar-refractivity contribution is -0.384. The molecule has 2 N–H and O–H groups in total. The van der Waals surface area contributed by atoms with Crippen LogP contribution in [0.25, 0.3) is 5.69 Å². The number of aromatic nitrogens is 2. The molecule has 1 saturated heterocycles. The highest BCUT2D eigenvalue weighted by atomic mass is 35.5. The highest BCUT2D eigenvalue weighted by molar-refractivity contribution is 6.38. The Hall–Kier alpha value is -1.87. The van der Waals surface area contributed by atoms with Crippen molar-refractivity contribution < 1.29 is 9.72 Å². The Labute approximate surface area is 171 Å². The molecule has 11 heteroatoms. The summed E-state index contributed by atoms with van der Waals surface area (Å²) < 4.78 is 1.35. The number of amides is 1. The normalized spacial score (nSPS) is 19.0. The lowest BCUT2D eigenvalue weighted by Crippen LogP contribution is -2.34. The third-order valence-electron chi connectivity index (χ3n) is 4.51. The number of non-ortho nitro benzene ring substituents is 1. The Morgan fingerprint density at radius 3 is 2.56 bits per heavy atom. The van der Waals surface area contributed by atoms with Crippen LogP contribution in [0, 0.1) is 16.0 Å². The highest BCUT2D eigenvalue weighted by Crippen LogP contribution is 2.33. The van der Waals surface area contributed by atoms with Crippen LogP contribution in [0.3, 0.4) is 0 Å². The average Bonchev–Trinajstić information content (AvgIpc) is 3.20. The number of carbonyl (C=O) groups is 1. The number of carbonyl (C=O) groups excluding carboxylic acids is 1. The van der Waals surface area contributed by atoms with E-state index in [1.165, 1.54) is 16.8 Å². The molecule has 146 valence electrons. The van der Waals surface area contributed by atoms with Gasteiger partial charge in [0.25, 0.3) is 11.6 Å². The van der Waals surface area contributed by atoms with Gasteiger partial charge in [-0.25, -0.2) is 4.68 Å². The number of likely N-dealkylation sites (tertiary alicyclic amines) is 1. The molecule has 0 aliphatic carbocycles. The Morgan fingerprint density at radius 2 is 2.04 bits per heavy atom. The Morgan fingerprint density at radius 1 is 1.41 bits per heavy atom. The summed E-state index contributed by atoms with van der Waals surface area (Å²) in [4.78, 5) is 24.8. The van der Waals surface area contributed by atoms with Gasteiger partial charge in [0.15, 0.2) is 5.69 Å². The quantitative estimate of drug-likeness (QED) is 0.586. The van der Waals surface area contributed by atoms with E-state index in [9.17, 15) is 14.9 Å². The molecular weight excluding hydrogens is 417 g/mol. The molecule has 2 aromatic rings. The van der Waals surface area contributed by atoms with Crippen molar-refractivity contribution in [1.29, 1.82) is 0 Å². The van der Waals surface area contributed by atoms with Crippen LogP contribution in [0.1, 0.15) is 23.8 Å². The van der Waals surface area contributed by atoms with Crippen molar-refractivity contribution >= 4 is 47.2 Å². The van der Waals surface area contributed by atoms with Crippen molar-refractivity contribution in [1.82, 2.24) is 14.7 Å². The summed E-state index contributed by atoms with van der Waals surface area (Å²) in [6.07, 6.45) is 2.41. The Balaban J connectivity index is 0.00000261. The van der Waals surface area contributed by atoms with E-state index in [1.54, 1.807) is 17.2 Å². The topological polar surface area (TPSA) is 107 Å². The molecule has 1 aromatic carbocycles. The van der Waals surface area contributed by atoms with Crippen LogP contribution in [0.15, 0.2) is 24.4 Å². The predicted molar refractivity (Wildman–Crippen MR) is 105 cm³/mol. The fraction of sp³-hybridized carbons (Fsp3) is 0.375. The van der Waals surface area contributed by atoms with Gasteiger partial charge in [-0.05, 0) is 31.9 Å².